The number of imidazole rings is 1. The van der Waals surface area contributed by atoms with Gasteiger partial charge in [0, 0.05) is 12.1 Å². The average Bonchev–Trinajstić information content (AvgIpc) is 2.68. The van der Waals surface area contributed by atoms with Crippen LogP contribution in [-0.2, 0) is 11.3 Å². The van der Waals surface area contributed by atoms with Crippen LogP contribution in [0.5, 0.6) is 0 Å². The molecule has 0 atom stereocenters. The topological polar surface area (TPSA) is 58.2 Å². The first-order chi connectivity index (χ1) is 9.65. The van der Waals surface area contributed by atoms with Gasteiger partial charge in [0.25, 0.3) is 0 Å². The molecule has 5 nitrogen and oxygen atoms in total. The van der Waals surface area contributed by atoms with E-state index in [1.54, 1.807) is 7.05 Å². The highest BCUT2D eigenvalue weighted by Crippen LogP contribution is 2.22. The van der Waals surface area contributed by atoms with Gasteiger partial charge in [0.2, 0.25) is 0 Å². The summed E-state index contributed by atoms with van der Waals surface area (Å²) in [7, 11) is 1.68. The van der Waals surface area contributed by atoms with Crippen LogP contribution in [-0.4, -0.2) is 33.6 Å². The second kappa shape index (κ2) is 5.56. The van der Waals surface area contributed by atoms with Crippen LogP contribution in [0.3, 0.4) is 0 Å². The maximum Gasteiger partial charge on any atom is 0.410 e. The third-order valence-electron chi connectivity index (χ3n) is 2.90. The number of rotatable bonds is 2. The number of aromatic nitrogens is 2. The first kappa shape index (κ1) is 15.6. The predicted molar refractivity (Wildman–Crippen MR) is 83.5 cm³/mol. The zero-order chi connectivity index (χ0) is 15.8. The molecule has 2 aromatic rings. The van der Waals surface area contributed by atoms with Crippen LogP contribution in [0.1, 0.15) is 32.2 Å². The molecule has 1 N–H and O–H groups in total. The van der Waals surface area contributed by atoms with Crippen molar-refractivity contribution in [1.82, 2.24) is 14.9 Å². The van der Waals surface area contributed by atoms with Crippen LogP contribution in [0.25, 0.3) is 11.0 Å². The van der Waals surface area contributed by atoms with Gasteiger partial charge in [0.05, 0.1) is 17.6 Å². The number of carbonyl (C=O) groups is 1. The Morgan fingerprint density at radius 1 is 1.43 bits per heavy atom. The van der Waals surface area contributed by atoms with Crippen molar-refractivity contribution in [3.8, 4) is 0 Å². The highest BCUT2D eigenvalue weighted by atomic mass is 35.5. The van der Waals surface area contributed by atoms with E-state index in [0.717, 1.165) is 16.6 Å². The van der Waals surface area contributed by atoms with E-state index in [2.05, 4.69) is 9.97 Å². The number of aryl methyl sites for hydroxylation is 1. The van der Waals surface area contributed by atoms with Gasteiger partial charge in [0.15, 0.2) is 0 Å². The van der Waals surface area contributed by atoms with Crippen LogP contribution in [0.2, 0.25) is 5.02 Å². The number of halogens is 1. The summed E-state index contributed by atoms with van der Waals surface area (Å²) in [5, 5.41) is 0.682. The van der Waals surface area contributed by atoms with E-state index in [1.807, 2.05) is 39.8 Å². The van der Waals surface area contributed by atoms with E-state index in [0.29, 0.717) is 17.4 Å². The minimum Gasteiger partial charge on any atom is -0.444 e. The summed E-state index contributed by atoms with van der Waals surface area (Å²) in [5.74, 6) is 0.694. The number of ether oxygens (including phenoxy) is 1. The molecule has 114 valence electrons. The maximum atomic E-state index is 11.9. The van der Waals surface area contributed by atoms with Crippen molar-refractivity contribution in [1.29, 1.82) is 0 Å². The van der Waals surface area contributed by atoms with E-state index in [4.69, 9.17) is 16.3 Å². The number of benzene rings is 1. The predicted octanol–water partition coefficient (Wildman–Crippen LogP) is 3.89. The third kappa shape index (κ3) is 3.88. The summed E-state index contributed by atoms with van der Waals surface area (Å²) in [4.78, 5) is 21.0. The van der Waals surface area contributed by atoms with Crippen LogP contribution < -0.4 is 0 Å². The van der Waals surface area contributed by atoms with Crippen molar-refractivity contribution in [3.05, 3.63) is 28.5 Å². The van der Waals surface area contributed by atoms with Crippen LogP contribution in [0, 0.1) is 6.92 Å². The quantitative estimate of drug-likeness (QED) is 0.915. The number of carbonyl (C=O) groups excluding carboxylic acids is 1. The number of hydrogen-bond donors (Lipinski definition) is 1. The molecule has 0 radical (unpaired) electrons. The first-order valence-corrected chi connectivity index (χ1v) is 7.12. The standard InChI is InChI=1S/C15H20ClN3O2/c1-9-6-11-12(7-10(9)16)18-13(17-11)8-19(5)14(20)21-15(2,3)4/h6-7H,8H2,1-5H3,(H,17,18). The molecule has 0 unspecified atom stereocenters. The van der Waals surface area contributed by atoms with Gasteiger partial charge in [-0.15, -0.1) is 0 Å². The minimum absolute atomic E-state index is 0.347. The number of hydrogen-bond acceptors (Lipinski definition) is 3. The molecule has 0 fully saturated rings. The molecule has 2 rings (SSSR count). The van der Waals surface area contributed by atoms with Crippen molar-refractivity contribution in [2.75, 3.05) is 7.05 Å². The fourth-order valence-electron chi connectivity index (χ4n) is 1.90. The van der Waals surface area contributed by atoms with E-state index >= 15 is 0 Å². The molecule has 1 aromatic carbocycles. The van der Waals surface area contributed by atoms with E-state index in [-0.39, 0.29) is 6.09 Å². The Labute approximate surface area is 129 Å². The molecule has 0 bridgehead atoms. The van der Waals surface area contributed by atoms with Crippen molar-refractivity contribution >= 4 is 28.7 Å². The summed E-state index contributed by atoms with van der Waals surface area (Å²) in [6, 6.07) is 3.77. The second-order valence-electron chi connectivity index (χ2n) is 6.14. The lowest BCUT2D eigenvalue weighted by atomic mass is 10.2. The number of fused-ring (bicyclic) bond motifs is 1. The Morgan fingerprint density at radius 3 is 2.71 bits per heavy atom. The highest BCUT2D eigenvalue weighted by Gasteiger charge is 2.20. The zero-order valence-electron chi connectivity index (χ0n) is 13.0. The minimum atomic E-state index is -0.510. The lowest BCUT2D eigenvalue weighted by Gasteiger charge is -2.24. The summed E-state index contributed by atoms with van der Waals surface area (Å²) in [5.41, 5.74) is 2.17. The molecule has 0 saturated heterocycles. The normalized spacial score (nSPS) is 11.7. The molecule has 0 spiro atoms. The molecular formula is C15H20ClN3O2. The number of aromatic amines is 1. The molecule has 0 saturated carbocycles. The lowest BCUT2D eigenvalue weighted by Crippen LogP contribution is -2.34. The number of nitrogens with one attached hydrogen (secondary N) is 1. The van der Waals surface area contributed by atoms with Crippen molar-refractivity contribution in [3.63, 3.8) is 0 Å². The van der Waals surface area contributed by atoms with E-state index in [9.17, 15) is 4.79 Å². The molecule has 0 aliphatic heterocycles. The summed E-state index contributed by atoms with van der Waals surface area (Å²) >= 11 is 6.09. The Bertz CT molecular complexity index is 634. The first-order valence-electron chi connectivity index (χ1n) is 6.74. The van der Waals surface area contributed by atoms with E-state index < -0.39 is 5.60 Å². The molecule has 0 aliphatic carbocycles. The van der Waals surface area contributed by atoms with Gasteiger partial charge in [0.1, 0.15) is 11.4 Å². The van der Waals surface area contributed by atoms with Crippen molar-refractivity contribution in [2.24, 2.45) is 0 Å². The van der Waals surface area contributed by atoms with Crippen LogP contribution in [0.4, 0.5) is 4.79 Å². The van der Waals surface area contributed by atoms with Crippen molar-refractivity contribution < 1.29 is 9.53 Å². The molecular weight excluding hydrogens is 290 g/mol. The summed E-state index contributed by atoms with van der Waals surface area (Å²) in [6.07, 6.45) is -0.378. The Kier molecular flexibility index (Phi) is 4.14. The van der Waals surface area contributed by atoms with Gasteiger partial charge in [-0.2, -0.15) is 0 Å². The fraction of sp³-hybridized carbons (Fsp3) is 0.467. The van der Waals surface area contributed by atoms with Gasteiger partial charge in [-0.1, -0.05) is 11.6 Å². The SMILES string of the molecule is Cc1cc2[nH]c(CN(C)C(=O)OC(C)(C)C)nc2cc1Cl. The Morgan fingerprint density at radius 2 is 2.10 bits per heavy atom. The fourth-order valence-corrected chi connectivity index (χ4v) is 2.05. The molecule has 6 heteroatoms. The summed E-state index contributed by atoms with van der Waals surface area (Å²) in [6.45, 7) is 7.80. The molecule has 21 heavy (non-hydrogen) atoms. The molecule has 1 heterocycles. The van der Waals surface area contributed by atoms with Gasteiger partial charge in [-0.25, -0.2) is 9.78 Å². The van der Waals surface area contributed by atoms with E-state index in [1.165, 1.54) is 4.90 Å². The monoisotopic (exact) mass is 309 g/mol. The van der Waals surface area contributed by atoms with Crippen molar-refractivity contribution in [2.45, 2.75) is 39.8 Å². The number of amides is 1. The molecule has 1 aromatic heterocycles. The smallest absolute Gasteiger partial charge is 0.410 e. The molecule has 0 aliphatic rings. The van der Waals surface area contributed by atoms with Gasteiger partial charge in [-0.05, 0) is 45.4 Å². The second-order valence-corrected chi connectivity index (χ2v) is 6.55. The Hall–Kier alpha value is -1.75. The van der Waals surface area contributed by atoms with Crippen LogP contribution in [0.15, 0.2) is 12.1 Å². The van der Waals surface area contributed by atoms with Gasteiger partial charge < -0.3 is 14.6 Å². The van der Waals surface area contributed by atoms with Gasteiger partial charge >= 0.3 is 6.09 Å². The van der Waals surface area contributed by atoms with Crippen LogP contribution >= 0.6 is 11.6 Å². The zero-order valence-corrected chi connectivity index (χ0v) is 13.7. The molecule has 1 amide bonds. The van der Waals surface area contributed by atoms with Gasteiger partial charge in [-0.3, -0.25) is 0 Å². The Balaban J connectivity index is 2.14. The summed E-state index contributed by atoms with van der Waals surface area (Å²) < 4.78 is 5.31. The number of H-pyrrole nitrogens is 1. The number of nitrogens with zero attached hydrogens (tertiary/aromatic N) is 2. The largest absolute Gasteiger partial charge is 0.444 e. The average molecular weight is 310 g/mol. The maximum absolute atomic E-state index is 11.9. The highest BCUT2D eigenvalue weighted by molar-refractivity contribution is 6.32. The third-order valence-corrected chi connectivity index (χ3v) is 3.31. The lowest BCUT2D eigenvalue weighted by molar-refractivity contribution is 0.0281.